The average molecular weight is 286 g/mol. The number of rotatable bonds is 5. The number of amides is 1. The van der Waals surface area contributed by atoms with E-state index in [2.05, 4.69) is 41.4 Å². The van der Waals surface area contributed by atoms with E-state index in [1.165, 1.54) is 24.0 Å². The van der Waals surface area contributed by atoms with Crippen molar-refractivity contribution in [2.75, 3.05) is 19.6 Å². The summed E-state index contributed by atoms with van der Waals surface area (Å²) in [6, 6.07) is 9.01. The number of benzene rings is 1. The van der Waals surface area contributed by atoms with Crippen LogP contribution in [0.1, 0.15) is 37.3 Å². The molecule has 1 N–H and O–H groups in total. The lowest BCUT2D eigenvalue weighted by atomic mass is 10.0. The van der Waals surface area contributed by atoms with Crippen molar-refractivity contribution < 1.29 is 4.79 Å². The quantitative estimate of drug-likeness (QED) is 0.901. The molecule has 0 saturated carbocycles. The van der Waals surface area contributed by atoms with Crippen LogP contribution >= 0.6 is 0 Å². The van der Waals surface area contributed by atoms with Crippen LogP contribution in [0, 0.1) is 5.92 Å². The normalized spacial score (nSPS) is 21.5. The minimum absolute atomic E-state index is 0.162. The van der Waals surface area contributed by atoms with Gasteiger partial charge in [-0.3, -0.25) is 4.79 Å². The Morgan fingerprint density at radius 1 is 1.29 bits per heavy atom. The van der Waals surface area contributed by atoms with Crippen molar-refractivity contribution in [3.63, 3.8) is 0 Å². The summed E-state index contributed by atoms with van der Waals surface area (Å²) in [7, 11) is 0. The molecule has 114 valence electrons. The van der Waals surface area contributed by atoms with Crippen LogP contribution in [0.25, 0.3) is 0 Å². The van der Waals surface area contributed by atoms with Crippen molar-refractivity contribution in [2.45, 2.75) is 45.1 Å². The molecule has 1 aliphatic heterocycles. The van der Waals surface area contributed by atoms with Gasteiger partial charge in [0.05, 0.1) is 0 Å². The highest BCUT2D eigenvalue weighted by molar-refractivity contribution is 5.80. The Morgan fingerprint density at radius 3 is 2.57 bits per heavy atom. The van der Waals surface area contributed by atoms with E-state index < -0.39 is 0 Å². The SMILES string of the molecule is CCCN(CC1CCCN1)C(=O)C1Cc2ccccc2C1. The third kappa shape index (κ3) is 3.29. The van der Waals surface area contributed by atoms with E-state index >= 15 is 0 Å². The molecule has 1 heterocycles. The Morgan fingerprint density at radius 2 is 2.00 bits per heavy atom. The third-order valence-corrected chi connectivity index (χ3v) is 4.81. The van der Waals surface area contributed by atoms with E-state index in [9.17, 15) is 4.79 Å². The average Bonchev–Trinajstić information content (AvgIpc) is 3.14. The maximum Gasteiger partial charge on any atom is 0.226 e. The molecule has 1 unspecified atom stereocenters. The van der Waals surface area contributed by atoms with Crippen LogP contribution in [-0.2, 0) is 17.6 Å². The topological polar surface area (TPSA) is 32.3 Å². The van der Waals surface area contributed by atoms with E-state index in [-0.39, 0.29) is 5.92 Å². The van der Waals surface area contributed by atoms with Gasteiger partial charge in [0.2, 0.25) is 5.91 Å². The highest BCUT2D eigenvalue weighted by atomic mass is 16.2. The predicted molar refractivity (Wildman–Crippen MR) is 85.2 cm³/mol. The monoisotopic (exact) mass is 286 g/mol. The molecule has 3 heteroatoms. The number of carbonyl (C=O) groups is 1. The molecule has 21 heavy (non-hydrogen) atoms. The van der Waals surface area contributed by atoms with Gasteiger partial charge < -0.3 is 10.2 Å². The van der Waals surface area contributed by atoms with E-state index in [1.807, 2.05) is 0 Å². The van der Waals surface area contributed by atoms with Gasteiger partial charge in [-0.25, -0.2) is 0 Å². The molecule has 1 saturated heterocycles. The number of hydrogen-bond donors (Lipinski definition) is 1. The molecule has 1 fully saturated rings. The lowest BCUT2D eigenvalue weighted by molar-refractivity contribution is -0.135. The van der Waals surface area contributed by atoms with Gasteiger partial charge >= 0.3 is 0 Å². The van der Waals surface area contributed by atoms with E-state index in [4.69, 9.17) is 0 Å². The number of nitrogens with one attached hydrogen (secondary N) is 1. The van der Waals surface area contributed by atoms with Gasteiger partial charge in [-0.2, -0.15) is 0 Å². The molecule has 3 rings (SSSR count). The highest BCUT2D eigenvalue weighted by Crippen LogP contribution is 2.28. The Kier molecular flexibility index (Phi) is 4.59. The first-order valence-corrected chi connectivity index (χ1v) is 8.37. The molecule has 1 aromatic carbocycles. The van der Waals surface area contributed by atoms with Crippen LogP contribution in [-0.4, -0.2) is 36.5 Å². The molecular weight excluding hydrogens is 260 g/mol. The summed E-state index contributed by atoms with van der Waals surface area (Å²) in [5, 5.41) is 3.51. The van der Waals surface area contributed by atoms with Crippen molar-refractivity contribution >= 4 is 5.91 Å². The Hall–Kier alpha value is -1.35. The molecule has 0 spiro atoms. The predicted octanol–water partition coefficient (Wildman–Crippen LogP) is 2.39. The number of nitrogens with zero attached hydrogens (tertiary/aromatic N) is 1. The first kappa shape index (κ1) is 14.6. The van der Waals surface area contributed by atoms with Gasteiger partial charge in [0, 0.05) is 25.0 Å². The van der Waals surface area contributed by atoms with Crippen LogP contribution in [0.15, 0.2) is 24.3 Å². The van der Waals surface area contributed by atoms with Crippen LogP contribution in [0.4, 0.5) is 0 Å². The third-order valence-electron chi connectivity index (χ3n) is 4.81. The largest absolute Gasteiger partial charge is 0.341 e. The number of carbonyl (C=O) groups excluding carboxylic acids is 1. The zero-order chi connectivity index (χ0) is 14.7. The van der Waals surface area contributed by atoms with Crippen molar-refractivity contribution in [3.05, 3.63) is 35.4 Å². The molecule has 1 atom stereocenters. The smallest absolute Gasteiger partial charge is 0.226 e. The van der Waals surface area contributed by atoms with Crippen molar-refractivity contribution in [3.8, 4) is 0 Å². The molecule has 1 aliphatic carbocycles. The first-order chi connectivity index (χ1) is 10.3. The van der Waals surface area contributed by atoms with Gasteiger partial charge in [0.1, 0.15) is 0 Å². The Balaban J connectivity index is 1.64. The molecule has 2 aliphatic rings. The lowest BCUT2D eigenvalue weighted by Gasteiger charge is -2.28. The summed E-state index contributed by atoms with van der Waals surface area (Å²) in [5.41, 5.74) is 2.73. The van der Waals surface area contributed by atoms with E-state index in [0.717, 1.165) is 38.9 Å². The van der Waals surface area contributed by atoms with Crippen LogP contribution in [0.3, 0.4) is 0 Å². The molecular formula is C18H26N2O. The molecule has 3 nitrogen and oxygen atoms in total. The second-order valence-corrected chi connectivity index (χ2v) is 6.45. The maximum absolute atomic E-state index is 12.9. The summed E-state index contributed by atoms with van der Waals surface area (Å²) in [5.74, 6) is 0.525. The summed E-state index contributed by atoms with van der Waals surface area (Å²) >= 11 is 0. The second-order valence-electron chi connectivity index (χ2n) is 6.45. The standard InChI is InChI=1S/C18H26N2O/c1-2-10-20(13-17-8-5-9-19-17)18(21)16-11-14-6-3-4-7-15(14)12-16/h3-4,6-7,16-17,19H,2,5,8-13H2,1H3. The number of hydrogen-bond acceptors (Lipinski definition) is 2. The van der Waals surface area contributed by atoms with Gasteiger partial charge in [-0.15, -0.1) is 0 Å². The highest BCUT2D eigenvalue weighted by Gasteiger charge is 2.31. The van der Waals surface area contributed by atoms with Gasteiger partial charge in [-0.1, -0.05) is 31.2 Å². The fourth-order valence-electron chi connectivity index (χ4n) is 3.73. The number of fused-ring (bicyclic) bond motifs is 1. The van der Waals surface area contributed by atoms with Crippen molar-refractivity contribution in [1.82, 2.24) is 10.2 Å². The molecule has 1 aromatic rings. The fraction of sp³-hybridized carbons (Fsp3) is 0.611. The summed E-state index contributed by atoms with van der Waals surface area (Å²) < 4.78 is 0. The van der Waals surface area contributed by atoms with Crippen molar-refractivity contribution in [2.24, 2.45) is 5.92 Å². The molecule has 0 radical (unpaired) electrons. The zero-order valence-corrected chi connectivity index (χ0v) is 13.0. The van der Waals surface area contributed by atoms with Gasteiger partial charge in [0.15, 0.2) is 0 Å². The molecule has 1 amide bonds. The Bertz CT molecular complexity index is 469. The van der Waals surface area contributed by atoms with Crippen LogP contribution in [0.2, 0.25) is 0 Å². The van der Waals surface area contributed by atoms with Gasteiger partial charge in [0.25, 0.3) is 0 Å². The minimum atomic E-state index is 0.162. The van der Waals surface area contributed by atoms with Gasteiger partial charge in [-0.05, 0) is 49.8 Å². The minimum Gasteiger partial charge on any atom is -0.341 e. The Labute approximate surface area is 127 Å². The van der Waals surface area contributed by atoms with Crippen molar-refractivity contribution in [1.29, 1.82) is 0 Å². The maximum atomic E-state index is 12.9. The zero-order valence-electron chi connectivity index (χ0n) is 13.0. The summed E-state index contributed by atoms with van der Waals surface area (Å²) in [4.78, 5) is 15.0. The van der Waals surface area contributed by atoms with Crippen LogP contribution < -0.4 is 5.32 Å². The van der Waals surface area contributed by atoms with E-state index in [0.29, 0.717) is 11.9 Å². The summed E-state index contributed by atoms with van der Waals surface area (Å²) in [6.45, 7) is 5.04. The second kappa shape index (κ2) is 6.61. The molecule has 0 aromatic heterocycles. The molecule has 0 bridgehead atoms. The van der Waals surface area contributed by atoms with E-state index in [1.54, 1.807) is 0 Å². The lowest BCUT2D eigenvalue weighted by Crippen LogP contribution is -2.44. The summed E-state index contributed by atoms with van der Waals surface area (Å²) in [6.07, 6.45) is 5.34. The first-order valence-electron chi connectivity index (χ1n) is 8.37. The fourth-order valence-corrected chi connectivity index (χ4v) is 3.73. The van der Waals surface area contributed by atoms with Crippen LogP contribution in [0.5, 0.6) is 0 Å².